The van der Waals surface area contributed by atoms with Crippen LogP contribution in [0.5, 0.6) is 5.75 Å². The molecule has 0 N–H and O–H groups in total. The number of piperidine rings is 1. The van der Waals surface area contributed by atoms with Gasteiger partial charge in [-0.25, -0.2) is 0 Å². The van der Waals surface area contributed by atoms with E-state index >= 15 is 0 Å². The summed E-state index contributed by atoms with van der Waals surface area (Å²) in [5.41, 5.74) is 1.19. The zero-order valence-electron chi connectivity index (χ0n) is 19.5. The fourth-order valence-corrected chi connectivity index (χ4v) is 4.09. The SMILES string of the molecule is CC(=O)N(CCc1noc(C(C)C)n1)C1CCCN(Cc2ccccc2OC(C)C)C1. The van der Waals surface area contributed by atoms with Crippen molar-refractivity contribution in [2.24, 2.45) is 0 Å². The second-order valence-corrected chi connectivity index (χ2v) is 8.97. The number of para-hydroxylation sites is 1. The van der Waals surface area contributed by atoms with Gasteiger partial charge in [0.2, 0.25) is 11.8 Å². The summed E-state index contributed by atoms with van der Waals surface area (Å²) in [5.74, 6) is 2.57. The fraction of sp³-hybridized carbons (Fsp3) is 0.625. The normalized spacial score (nSPS) is 17.3. The van der Waals surface area contributed by atoms with Crippen molar-refractivity contribution in [3.8, 4) is 5.75 Å². The standard InChI is InChI=1S/C24H36N4O3/c1-17(2)24-25-23(26-31-24)12-14-28(19(5)29)21-10-8-13-27(16-21)15-20-9-6-7-11-22(20)30-18(3)4/h6-7,9,11,17-18,21H,8,10,12-16H2,1-5H3. The second-order valence-electron chi connectivity index (χ2n) is 8.97. The average Bonchev–Trinajstić information content (AvgIpc) is 3.19. The smallest absolute Gasteiger partial charge is 0.229 e. The third-order valence-electron chi connectivity index (χ3n) is 5.61. The highest BCUT2D eigenvalue weighted by Crippen LogP contribution is 2.24. The Morgan fingerprint density at radius 1 is 1.29 bits per heavy atom. The molecule has 1 aliphatic heterocycles. The topological polar surface area (TPSA) is 71.7 Å². The predicted octanol–water partition coefficient (Wildman–Crippen LogP) is 4.04. The molecule has 0 spiro atoms. The molecule has 0 saturated carbocycles. The van der Waals surface area contributed by atoms with Crippen molar-refractivity contribution >= 4 is 5.91 Å². The first kappa shape index (κ1) is 23.3. The molecule has 0 radical (unpaired) electrons. The van der Waals surface area contributed by atoms with Gasteiger partial charge in [-0.15, -0.1) is 0 Å². The van der Waals surface area contributed by atoms with Crippen LogP contribution < -0.4 is 4.74 Å². The molecule has 0 bridgehead atoms. The molecule has 3 rings (SSSR count). The lowest BCUT2D eigenvalue weighted by molar-refractivity contribution is -0.132. The third kappa shape index (κ3) is 6.53. The van der Waals surface area contributed by atoms with E-state index in [-0.39, 0.29) is 24.0 Å². The molecule has 7 nitrogen and oxygen atoms in total. The Morgan fingerprint density at radius 2 is 2.06 bits per heavy atom. The van der Waals surface area contributed by atoms with Crippen LogP contribution in [0.2, 0.25) is 0 Å². The van der Waals surface area contributed by atoms with Crippen LogP contribution in [-0.4, -0.2) is 57.6 Å². The summed E-state index contributed by atoms with van der Waals surface area (Å²) in [6, 6.07) is 8.44. The van der Waals surface area contributed by atoms with Crippen LogP contribution >= 0.6 is 0 Å². The van der Waals surface area contributed by atoms with Gasteiger partial charge in [-0.1, -0.05) is 37.2 Å². The number of likely N-dealkylation sites (tertiary alicyclic amines) is 1. The molecule has 1 saturated heterocycles. The van der Waals surface area contributed by atoms with Crippen molar-refractivity contribution in [2.45, 2.75) is 78.5 Å². The number of rotatable bonds is 9. The number of carbonyl (C=O) groups excluding carboxylic acids is 1. The summed E-state index contributed by atoms with van der Waals surface area (Å²) in [6.45, 7) is 13.1. The first-order valence-electron chi connectivity index (χ1n) is 11.4. The molecule has 1 aromatic carbocycles. The van der Waals surface area contributed by atoms with Crippen molar-refractivity contribution in [2.75, 3.05) is 19.6 Å². The van der Waals surface area contributed by atoms with Crippen LogP contribution in [0.3, 0.4) is 0 Å². The lowest BCUT2D eigenvalue weighted by Gasteiger charge is -2.39. The molecule has 0 aliphatic carbocycles. The van der Waals surface area contributed by atoms with E-state index in [1.807, 2.05) is 44.7 Å². The minimum Gasteiger partial charge on any atom is -0.491 e. The van der Waals surface area contributed by atoms with Crippen molar-refractivity contribution in [3.63, 3.8) is 0 Å². The number of hydrogen-bond acceptors (Lipinski definition) is 6. The summed E-state index contributed by atoms with van der Waals surface area (Å²) in [6.07, 6.45) is 2.84. The van der Waals surface area contributed by atoms with E-state index in [1.165, 1.54) is 5.56 Å². The minimum atomic E-state index is 0.1000. The predicted molar refractivity (Wildman–Crippen MR) is 120 cm³/mol. The largest absolute Gasteiger partial charge is 0.491 e. The van der Waals surface area contributed by atoms with E-state index in [1.54, 1.807) is 6.92 Å². The summed E-state index contributed by atoms with van der Waals surface area (Å²) < 4.78 is 11.3. The number of benzene rings is 1. The summed E-state index contributed by atoms with van der Waals surface area (Å²) in [7, 11) is 0. The fourth-order valence-electron chi connectivity index (χ4n) is 4.09. The third-order valence-corrected chi connectivity index (χ3v) is 5.61. The van der Waals surface area contributed by atoms with Gasteiger partial charge in [0, 0.05) is 50.5 Å². The van der Waals surface area contributed by atoms with Crippen LogP contribution in [0, 0.1) is 0 Å². The molecule has 1 aliphatic rings. The highest BCUT2D eigenvalue weighted by molar-refractivity contribution is 5.73. The average molecular weight is 429 g/mol. The number of amides is 1. The van der Waals surface area contributed by atoms with Gasteiger partial charge in [-0.2, -0.15) is 4.98 Å². The van der Waals surface area contributed by atoms with E-state index in [2.05, 4.69) is 27.2 Å². The van der Waals surface area contributed by atoms with Crippen molar-refractivity contribution in [1.29, 1.82) is 0 Å². The van der Waals surface area contributed by atoms with Gasteiger partial charge in [-0.05, 0) is 39.3 Å². The molecule has 1 amide bonds. The molecular weight excluding hydrogens is 392 g/mol. The molecule has 7 heteroatoms. The van der Waals surface area contributed by atoms with E-state index in [4.69, 9.17) is 9.26 Å². The van der Waals surface area contributed by atoms with E-state index in [9.17, 15) is 4.79 Å². The van der Waals surface area contributed by atoms with Gasteiger partial charge < -0.3 is 14.2 Å². The highest BCUT2D eigenvalue weighted by atomic mass is 16.5. The molecule has 1 fully saturated rings. The molecule has 1 aromatic heterocycles. The van der Waals surface area contributed by atoms with E-state index in [0.717, 1.165) is 38.2 Å². The number of hydrogen-bond donors (Lipinski definition) is 0. The minimum absolute atomic E-state index is 0.1000. The number of ether oxygens (including phenoxy) is 1. The molecule has 31 heavy (non-hydrogen) atoms. The zero-order chi connectivity index (χ0) is 22.4. The van der Waals surface area contributed by atoms with Crippen LogP contribution in [0.25, 0.3) is 0 Å². The summed E-state index contributed by atoms with van der Waals surface area (Å²) >= 11 is 0. The lowest BCUT2D eigenvalue weighted by atomic mass is 10.0. The Kier molecular flexibility index (Phi) is 8.07. The van der Waals surface area contributed by atoms with Gasteiger partial charge in [-0.3, -0.25) is 9.69 Å². The lowest BCUT2D eigenvalue weighted by Crippen LogP contribution is -2.50. The second kappa shape index (κ2) is 10.8. The highest BCUT2D eigenvalue weighted by Gasteiger charge is 2.28. The van der Waals surface area contributed by atoms with Gasteiger partial charge in [0.15, 0.2) is 5.82 Å². The molecular formula is C24H36N4O3. The molecule has 1 atom stereocenters. The van der Waals surface area contributed by atoms with Crippen LogP contribution in [0.1, 0.15) is 70.7 Å². The Balaban J connectivity index is 1.62. The van der Waals surface area contributed by atoms with E-state index < -0.39 is 0 Å². The van der Waals surface area contributed by atoms with Crippen molar-refractivity contribution in [1.82, 2.24) is 19.9 Å². The maximum atomic E-state index is 12.4. The molecule has 2 aromatic rings. The molecule has 2 heterocycles. The summed E-state index contributed by atoms with van der Waals surface area (Å²) in [4.78, 5) is 21.3. The Bertz CT molecular complexity index is 849. The van der Waals surface area contributed by atoms with Gasteiger partial charge in [0.05, 0.1) is 6.10 Å². The van der Waals surface area contributed by atoms with Crippen molar-refractivity contribution < 1.29 is 14.1 Å². The monoisotopic (exact) mass is 428 g/mol. The van der Waals surface area contributed by atoms with E-state index in [0.29, 0.717) is 24.7 Å². The number of carbonyl (C=O) groups is 1. The maximum absolute atomic E-state index is 12.4. The van der Waals surface area contributed by atoms with Crippen LogP contribution in [-0.2, 0) is 17.8 Å². The Morgan fingerprint density at radius 3 is 2.74 bits per heavy atom. The molecule has 1 unspecified atom stereocenters. The first-order valence-corrected chi connectivity index (χ1v) is 11.4. The van der Waals surface area contributed by atoms with Gasteiger partial charge in [0.1, 0.15) is 5.75 Å². The maximum Gasteiger partial charge on any atom is 0.229 e. The Hall–Kier alpha value is -2.41. The van der Waals surface area contributed by atoms with Gasteiger partial charge in [0.25, 0.3) is 0 Å². The summed E-state index contributed by atoms with van der Waals surface area (Å²) in [5, 5.41) is 4.07. The Labute approximate surface area is 185 Å². The first-order chi connectivity index (χ1) is 14.8. The van der Waals surface area contributed by atoms with Crippen LogP contribution in [0.4, 0.5) is 0 Å². The zero-order valence-corrected chi connectivity index (χ0v) is 19.5. The molecule has 170 valence electrons. The van der Waals surface area contributed by atoms with Crippen LogP contribution in [0.15, 0.2) is 28.8 Å². The van der Waals surface area contributed by atoms with Gasteiger partial charge >= 0.3 is 0 Å². The number of nitrogens with zero attached hydrogens (tertiary/aromatic N) is 4. The quantitative estimate of drug-likeness (QED) is 0.600. The number of aromatic nitrogens is 2. The van der Waals surface area contributed by atoms with Crippen molar-refractivity contribution in [3.05, 3.63) is 41.5 Å².